The molecule has 0 aromatic heterocycles. The van der Waals surface area contributed by atoms with Crippen LogP contribution in [0.5, 0.6) is 0 Å². The maximum atomic E-state index is 11.6. The van der Waals surface area contributed by atoms with Crippen LogP contribution in [-0.2, 0) is 9.53 Å². The Morgan fingerprint density at radius 3 is 2.61 bits per heavy atom. The van der Waals surface area contributed by atoms with Crippen molar-refractivity contribution in [2.24, 2.45) is 10.9 Å². The van der Waals surface area contributed by atoms with Crippen LogP contribution in [0.25, 0.3) is 0 Å². The van der Waals surface area contributed by atoms with Crippen LogP contribution >= 0.6 is 24.0 Å². The molecular formula is C16H33IN4O2. The first-order valence-corrected chi connectivity index (χ1v) is 8.33. The van der Waals surface area contributed by atoms with Crippen molar-refractivity contribution >= 4 is 35.8 Å². The van der Waals surface area contributed by atoms with Crippen LogP contribution in [0.3, 0.4) is 0 Å². The van der Waals surface area contributed by atoms with Crippen molar-refractivity contribution in [2.45, 2.75) is 45.6 Å². The lowest BCUT2D eigenvalue weighted by Crippen LogP contribution is -2.41. The number of hydrogen-bond donors (Lipinski definition) is 2. The number of halogens is 1. The van der Waals surface area contributed by atoms with Gasteiger partial charge < -0.3 is 20.3 Å². The molecule has 0 aromatic carbocycles. The van der Waals surface area contributed by atoms with Gasteiger partial charge in [0.05, 0.1) is 6.10 Å². The van der Waals surface area contributed by atoms with E-state index < -0.39 is 0 Å². The minimum atomic E-state index is 0. The average molecular weight is 440 g/mol. The van der Waals surface area contributed by atoms with Gasteiger partial charge >= 0.3 is 0 Å². The standard InChI is InChI=1S/C16H32N4O2.HI/c1-13(2)11-18-16(19-12-15(21)20(3)4)17-9-8-14-7-5-6-10-22-14;/h13-14H,5-12H2,1-4H3,(H2,17,18,19);1H. The fourth-order valence-corrected chi connectivity index (χ4v) is 2.15. The zero-order valence-corrected chi connectivity index (χ0v) is 17.3. The van der Waals surface area contributed by atoms with Gasteiger partial charge in [0, 0.05) is 33.8 Å². The number of nitrogens with one attached hydrogen (secondary N) is 2. The van der Waals surface area contributed by atoms with Gasteiger partial charge in [-0.1, -0.05) is 13.8 Å². The van der Waals surface area contributed by atoms with E-state index in [1.54, 1.807) is 19.0 Å². The van der Waals surface area contributed by atoms with Crippen LogP contribution < -0.4 is 10.6 Å². The molecule has 1 atom stereocenters. The van der Waals surface area contributed by atoms with Crippen molar-refractivity contribution in [2.75, 3.05) is 40.3 Å². The molecule has 0 radical (unpaired) electrons. The molecule has 2 N–H and O–H groups in total. The number of aliphatic imine (C=N–C) groups is 1. The molecule has 1 rings (SSSR count). The summed E-state index contributed by atoms with van der Waals surface area (Å²) < 4.78 is 5.73. The van der Waals surface area contributed by atoms with Gasteiger partial charge in [0.15, 0.2) is 5.96 Å². The Labute approximate surface area is 157 Å². The summed E-state index contributed by atoms with van der Waals surface area (Å²) in [4.78, 5) is 17.6. The maximum absolute atomic E-state index is 11.6. The van der Waals surface area contributed by atoms with Gasteiger partial charge in [-0.25, -0.2) is 4.99 Å². The predicted molar refractivity (Wildman–Crippen MR) is 105 cm³/mol. The average Bonchev–Trinajstić information content (AvgIpc) is 2.49. The molecule has 136 valence electrons. The molecule has 0 bridgehead atoms. The van der Waals surface area contributed by atoms with Gasteiger partial charge in [-0.05, 0) is 31.6 Å². The van der Waals surface area contributed by atoms with Gasteiger partial charge in [-0.2, -0.15) is 0 Å². The van der Waals surface area contributed by atoms with Crippen LogP contribution in [-0.4, -0.2) is 63.2 Å². The van der Waals surface area contributed by atoms with Crippen LogP contribution in [0, 0.1) is 5.92 Å². The van der Waals surface area contributed by atoms with E-state index in [0.29, 0.717) is 18.0 Å². The van der Waals surface area contributed by atoms with E-state index in [2.05, 4.69) is 29.5 Å². The van der Waals surface area contributed by atoms with Crippen LogP contribution in [0.15, 0.2) is 4.99 Å². The summed E-state index contributed by atoms with van der Waals surface area (Å²) in [6, 6.07) is 0. The van der Waals surface area contributed by atoms with Crippen molar-refractivity contribution in [1.82, 2.24) is 15.5 Å². The molecule has 23 heavy (non-hydrogen) atoms. The number of ether oxygens (including phenoxy) is 1. The summed E-state index contributed by atoms with van der Waals surface area (Å²) in [5.74, 6) is 1.24. The third kappa shape index (κ3) is 10.8. The third-order valence-corrected chi connectivity index (χ3v) is 3.58. The summed E-state index contributed by atoms with van der Waals surface area (Å²) in [5.41, 5.74) is 0. The molecule has 0 aromatic rings. The highest BCUT2D eigenvalue weighted by molar-refractivity contribution is 14.0. The molecule has 0 saturated carbocycles. The Bertz CT molecular complexity index is 356. The first-order chi connectivity index (χ1) is 10.5. The largest absolute Gasteiger partial charge is 0.378 e. The fourth-order valence-electron chi connectivity index (χ4n) is 2.15. The number of likely N-dealkylation sites (N-methyl/N-ethyl adjacent to an activating group) is 1. The topological polar surface area (TPSA) is 66.0 Å². The van der Waals surface area contributed by atoms with E-state index in [0.717, 1.165) is 32.5 Å². The first kappa shape index (κ1) is 22.4. The molecule has 1 amide bonds. The summed E-state index contributed by atoms with van der Waals surface area (Å²) in [6.45, 7) is 6.98. The Morgan fingerprint density at radius 2 is 2.04 bits per heavy atom. The number of hydrogen-bond acceptors (Lipinski definition) is 3. The number of nitrogens with zero attached hydrogens (tertiary/aromatic N) is 2. The minimum absolute atomic E-state index is 0. The van der Waals surface area contributed by atoms with E-state index in [1.807, 2.05) is 0 Å². The molecule has 1 heterocycles. The molecule has 1 unspecified atom stereocenters. The summed E-state index contributed by atoms with van der Waals surface area (Å²) in [6.07, 6.45) is 4.92. The summed E-state index contributed by atoms with van der Waals surface area (Å²) in [5, 5.41) is 6.58. The van der Waals surface area contributed by atoms with Gasteiger partial charge in [0.25, 0.3) is 0 Å². The van der Waals surface area contributed by atoms with Crippen LogP contribution in [0.2, 0.25) is 0 Å². The number of guanidine groups is 1. The number of carbonyl (C=O) groups is 1. The lowest BCUT2D eigenvalue weighted by atomic mass is 10.1. The van der Waals surface area contributed by atoms with Gasteiger partial charge in [0.1, 0.15) is 6.54 Å². The normalized spacial score (nSPS) is 18.3. The predicted octanol–water partition coefficient (Wildman–Crippen LogP) is 1.84. The number of carbonyl (C=O) groups excluding carboxylic acids is 1. The first-order valence-electron chi connectivity index (χ1n) is 8.33. The lowest BCUT2D eigenvalue weighted by Gasteiger charge is -2.23. The maximum Gasteiger partial charge on any atom is 0.243 e. The highest BCUT2D eigenvalue weighted by Crippen LogP contribution is 2.14. The lowest BCUT2D eigenvalue weighted by molar-refractivity contribution is -0.127. The Balaban J connectivity index is 0.00000484. The van der Waals surface area contributed by atoms with Gasteiger partial charge in [-0.3, -0.25) is 4.79 Å². The molecular weight excluding hydrogens is 407 g/mol. The zero-order chi connectivity index (χ0) is 16.4. The Hall–Kier alpha value is -0.570. The molecule has 1 fully saturated rings. The highest BCUT2D eigenvalue weighted by atomic mass is 127. The minimum Gasteiger partial charge on any atom is -0.378 e. The molecule has 7 heteroatoms. The number of amides is 1. The second-order valence-electron chi connectivity index (χ2n) is 6.43. The summed E-state index contributed by atoms with van der Waals surface area (Å²) in [7, 11) is 3.49. The smallest absolute Gasteiger partial charge is 0.243 e. The van der Waals surface area contributed by atoms with Crippen molar-refractivity contribution in [3.8, 4) is 0 Å². The van der Waals surface area contributed by atoms with Crippen molar-refractivity contribution in [3.05, 3.63) is 0 Å². The Kier molecular flexibility index (Phi) is 12.5. The molecule has 1 aliphatic rings. The summed E-state index contributed by atoms with van der Waals surface area (Å²) >= 11 is 0. The monoisotopic (exact) mass is 440 g/mol. The molecule has 0 aliphatic carbocycles. The zero-order valence-electron chi connectivity index (χ0n) is 14.9. The van der Waals surface area contributed by atoms with Gasteiger partial charge in [-0.15, -0.1) is 24.0 Å². The van der Waals surface area contributed by atoms with Crippen LogP contribution in [0.4, 0.5) is 0 Å². The van der Waals surface area contributed by atoms with E-state index in [9.17, 15) is 4.79 Å². The third-order valence-electron chi connectivity index (χ3n) is 3.58. The molecule has 6 nitrogen and oxygen atoms in total. The van der Waals surface area contributed by atoms with Crippen molar-refractivity contribution < 1.29 is 9.53 Å². The van der Waals surface area contributed by atoms with Crippen molar-refractivity contribution in [3.63, 3.8) is 0 Å². The van der Waals surface area contributed by atoms with Crippen LogP contribution in [0.1, 0.15) is 39.5 Å². The SMILES string of the molecule is CC(C)CNC(=NCC(=O)N(C)C)NCCC1CCCCO1.I. The Morgan fingerprint density at radius 1 is 1.30 bits per heavy atom. The van der Waals surface area contributed by atoms with E-state index in [1.165, 1.54) is 12.8 Å². The second-order valence-corrected chi connectivity index (χ2v) is 6.43. The van der Waals surface area contributed by atoms with Gasteiger partial charge in [0.2, 0.25) is 5.91 Å². The molecule has 1 aliphatic heterocycles. The second kappa shape index (κ2) is 12.8. The molecule has 0 spiro atoms. The number of rotatable bonds is 7. The fraction of sp³-hybridized carbons (Fsp3) is 0.875. The van der Waals surface area contributed by atoms with E-state index >= 15 is 0 Å². The molecule has 1 saturated heterocycles. The highest BCUT2D eigenvalue weighted by Gasteiger charge is 2.13. The van der Waals surface area contributed by atoms with Crippen molar-refractivity contribution in [1.29, 1.82) is 0 Å². The quantitative estimate of drug-likeness (QED) is 0.360. The van der Waals surface area contributed by atoms with E-state index in [4.69, 9.17) is 4.74 Å². The van der Waals surface area contributed by atoms with E-state index in [-0.39, 0.29) is 36.4 Å².